The summed E-state index contributed by atoms with van der Waals surface area (Å²) in [6, 6.07) is 7.04. The van der Waals surface area contributed by atoms with Gasteiger partial charge in [0.05, 0.1) is 6.61 Å². The molecule has 0 bridgehead atoms. The molecule has 0 amide bonds. The second-order valence-electron chi connectivity index (χ2n) is 7.40. The van der Waals surface area contributed by atoms with Gasteiger partial charge in [-0.2, -0.15) is 0 Å². The monoisotopic (exact) mass is 289 g/mol. The molecule has 0 fully saturated rings. The molecule has 0 spiro atoms. The molecule has 2 unspecified atom stereocenters. The number of nitrogens with one attached hydrogen (secondary N) is 1. The van der Waals surface area contributed by atoms with E-state index < -0.39 is 0 Å². The molecule has 0 saturated carbocycles. The van der Waals surface area contributed by atoms with Gasteiger partial charge >= 0.3 is 0 Å². The Hall–Kier alpha value is -1.02. The summed E-state index contributed by atoms with van der Waals surface area (Å²) in [7, 11) is 0. The average molecular weight is 289 g/mol. The Morgan fingerprint density at radius 1 is 1.29 bits per heavy atom. The van der Waals surface area contributed by atoms with Crippen LogP contribution in [0, 0.1) is 11.3 Å². The molecule has 118 valence electrons. The second-order valence-corrected chi connectivity index (χ2v) is 7.40. The number of hydrogen-bond acceptors (Lipinski definition) is 2. The zero-order valence-corrected chi connectivity index (χ0v) is 14.3. The molecule has 0 aromatic heterocycles. The first-order valence-electron chi connectivity index (χ1n) is 8.41. The van der Waals surface area contributed by atoms with Crippen molar-refractivity contribution in [3.05, 3.63) is 29.3 Å². The van der Waals surface area contributed by atoms with Crippen molar-refractivity contribution in [1.82, 2.24) is 5.32 Å². The summed E-state index contributed by atoms with van der Waals surface area (Å²) in [6.45, 7) is 13.4. The van der Waals surface area contributed by atoms with Gasteiger partial charge in [-0.15, -0.1) is 0 Å². The molecule has 2 atom stereocenters. The smallest absolute Gasteiger partial charge is 0.127 e. The highest BCUT2D eigenvalue weighted by Gasteiger charge is 2.27. The van der Waals surface area contributed by atoms with E-state index in [4.69, 9.17) is 4.74 Å². The Balaban J connectivity index is 2.26. The van der Waals surface area contributed by atoms with E-state index in [-0.39, 0.29) is 0 Å². The number of aryl methyl sites for hydroxylation is 1. The molecule has 1 aromatic rings. The summed E-state index contributed by atoms with van der Waals surface area (Å²) in [6.07, 6.45) is 3.44. The maximum absolute atomic E-state index is 6.01. The van der Waals surface area contributed by atoms with Crippen molar-refractivity contribution in [1.29, 1.82) is 0 Å². The minimum absolute atomic E-state index is 0.337. The molecule has 1 aliphatic rings. The lowest BCUT2D eigenvalue weighted by molar-refractivity contribution is 0.219. The third kappa shape index (κ3) is 4.00. The van der Waals surface area contributed by atoms with Crippen molar-refractivity contribution in [2.75, 3.05) is 13.2 Å². The second kappa shape index (κ2) is 6.83. The van der Waals surface area contributed by atoms with Gasteiger partial charge in [0.15, 0.2) is 0 Å². The van der Waals surface area contributed by atoms with Crippen LogP contribution in [-0.2, 0) is 6.42 Å². The van der Waals surface area contributed by atoms with E-state index >= 15 is 0 Å². The molecule has 0 aliphatic carbocycles. The van der Waals surface area contributed by atoms with E-state index in [9.17, 15) is 0 Å². The summed E-state index contributed by atoms with van der Waals surface area (Å²) in [4.78, 5) is 0. The molecule has 21 heavy (non-hydrogen) atoms. The van der Waals surface area contributed by atoms with E-state index in [1.807, 2.05) is 0 Å². The third-order valence-corrected chi connectivity index (χ3v) is 4.86. The predicted molar refractivity (Wildman–Crippen MR) is 89.9 cm³/mol. The first-order chi connectivity index (χ1) is 9.93. The van der Waals surface area contributed by atoms with E-state index in [0.29, 0.717) is 17.4 Å². The highest BCUT2D eigenvalue weighted by Crippen LogP contribution is 2.38. The SMILES string of the molecule is CCNC(CC(C)C(C)(C)C)c1cccc2c1OCCC2. The highest BCUT2D eigenvalue weighted by atomic mass is 16.5. The fourth-order valence-corrected chi connectivity index (χ4v) is 2.96. The van der Waals surface area contributed by atoms with E-state index in [1.54, 1.807) is 0 Å². The topological polar surface area (TPSA) is 21.3 Å². The zero-order valence-electron chi connectivity index (χ0n) is 14.3. The number of benzene rings is 1. The Morgan fingerprint density at radius 3 is 2.71 bits per heavy atom. The number of ether oxygens (including phenoxy) is 1. The normalized spacial score (nSPS) is 17.8. The van der Waals surface area contributed by atoms with Crippen LogP contribution >= 0.6 is 0 Å². The molecule has 1 aromatic carbocycles. The van der Waals surface area contributed by atoms with Crippen molar-refractivity contribution in [2.24, 2.45) is 11.3 Å². The molecular weight excluding hydrogens is 258 g/mol. The Kier molecular flexibility index (Phi) is 5.32. The molecule has 0 saturated heterocycles. The molecule has 2 heteroatoms. The summed E-state index contributed by atoms with van der Waals surface area (Å²) in [5.41, 5.74) is 3.07. The first-order valence-corrected chi connectivity index (χ1v) is 8.41. The highest BCUT2D eigenvalue weighted by molar-refractivity contribution is 5.44. The van der Waals surface area contributed by atoms with Gasteiger partial charge < -0.3 is 10.1 Å². The predicted octanol–water partition coefficient (Wildman–Crippen LogP) is 4.73. The van der Waals surface area contributed by atoms with Gasteiger partial charge in [-0.25, -0.2) is 0 Å². The van der Waals surface area contributed by atoms with Crippen molar-refractivity contribution < 1.29 is 4.74 Å². The van der Waals surface area contributed by atoms with Gasteiger partial charge in [-0.3, -0.25) is 0 Å². The maximum Gasteiger partial charge on any atom is 0.127 e. The van der Waals surface area contributed by atoms with Crippen molar-refractivity contribution in [3.63, 3.8) is 0 Å². The molecule has 0 radical (unpaired) electrons. The summed E-state index contributed by atoms with van der Waals surface area (Å²) in [5, 5.41) is 3.67. The molecule has 1 heterocycles. The minimum Gasteiger partial charge on any atom is -0.493 e. The van der Waals surface area contributed by atoms with Crippen LogP contribution in [-0.4, -0.2) is 13.2 Å². The molecule has 1 N–H and O–H groups in total. The third-order valence-electron chi connectivity index (χ3n) is 4.86. The Morgan fingerprint density at radius 2 is 2.05 bits per heavy atom. The van der Waals surface area contributed by atoms with Crippen LogP contribution in [0.3, 0.4) is 0 Å². The number of rotatable bonds is 5. The van der Waals surface area contributed by atoms with E-state index in [1.165, 1.54) is 11.1 Å². The van der Waals surface area contributed by atoms with Crippen LogP contribution in [0.1, 0.15) is 64.6 Å². The van der Waals surface area contributed by atoms with Crippen LogP contribution in [0.25, 0.3) is 0 Å². The molecule has 1 aliphatic heterocycles. The summed E-state index contributed by atoms with van der Waals surface area (Å²) in [5.74, 6) is 1.80. The molecule has 2 nitrogen and oxygen atoms in total. The lowest BCUT2D eigenvalue weighted by Crippen LogP contribution is -2.28. The van der Waals surface area contributed by atoms with Crippen LogP contribution in [0.5, 0.6) is 5.75 Å². The quantitative estimate of drug-likeness (QED) is 0.845. The lowest BCUT2D eigenvalue weighted by Gasteiger charge is -2.33. The van der Waals surface area contributed by atoms with Crippen LogP contribution in [0.4, 0.5) is 0 Å². The Labute approximate surface area is 130 Å². The zero-order chi connectivity index (χ0) is 15.5. The van der Waals surface area contributed by atoms with Crippen LogP contribution in [0.15, 0.2) is 18.2 Å². The lowest BCUT2D eigenvalue weighted by atomic mass is 9.77. The fourth-order valence-electron chi connectivity index (χ4n) is 2.96. The maximum atomic E-state index is 6.01. The van der Waals surface area contributed by atoms with Gasteiger partial charge in [-0.05, 0) is 42.7 Å². The summed E-state index contributed by atoms with van der Waals surface area (Å²) >= 11 is 0. The van der Waals surface area contributed by atoms with Gasteiger partial charge in [-0.1, -0.05) is 52.8 Å². The largest absolute Gasteiger partial charge is 0.493 e. The van der Waals surface area contributed by atoms with Crippen molar-refractivity contribution in [2.45, 2.75) is 59.9 Å². The first kappa shape index (κ1) is 16.4. The van der Waals surface area contributed by atoms with Gasteiger partial charge in [0.25, 0.3) is 0 Å². The fraction of sp³-hybridized carbons (Fsp3) is 0.684. The van der Waals surface area contributed by atoms with Crippen LogP contribution in [0.2, 0.25) is 0 Å². The van der Waals surface area contributed by atoms with Gasteiger partial charge in [0.2, 0.25) is 0 Å². The van der Waals surface area contributed by atoms with E-state index in [0.717, 1.165) is 38.2 Å². The van der Waals surface area contributed by atoms with Gasteiger partial charge in [0.1, 0.15) is 5.75 Å². The van der Waals surface area contributed by atoms with Crippen LogP contribution < -0.4 is 10.1 Å². The van der Waals surface area contributed by atoms with Gasteiger partial charge in [0, 0.05) is 11.6 Å². The summed E-state index contributed by atoms with van der Waals surface area (Å²) < 4.78 is 6.01. The Bertz CT molecular complexity index is 461. The molecule has 2 rings (SSSR count). The molecular formula is C19H31NO. The average Bonchev–Trinajstić information content (AvgIpc) is 2.45. The standard InChI is InChI=1S/C19H31NO/c1-6-20-17(13-14(2)19(3,4)5)16-11-7-9-15-10-8-12-21-18(15)16/h7,9,11,14,17,20H,6,8,10,12-13H2,1-5H3. The van der Waals surface area contributed by atoms with Crippen molar-refractivity contribution in [3.8, 4) is 5.75 Å². The number of hydrogen-bond donors (Lipinski definition) is 1. The number of para-hydroxylation sites is 1. The van der Waals surface area contributed by atoms with E-state index in [2.05, 4.69) is 58.1 Å². The number of fused-ring (bicyclic) bond motifs is 1. The minimum atomic E-state index is 0.337. The van der Waals surface area contributed by atoms with Crippen molar-refractivity contribution >= 4 is 0 Å².